The predicted octanol–water partition coefficient (Wildman–Crippen LogP) is 2.78. The minimum Gasteiger partial charge on any atom is -0.390 e. The first kappa shape index (κ1) is 18.6. The number of tetrazole rings is 1. The lowest BCUT2D eigenvalue weighted by Gasteiger charge is -2.22. The Balaban J connectivity index is 1.66. The maximum atomic E-state index is 10.3. The third kappa shape index (κ3) is 4.69. The summed E-state index contributed by atoms with van der Waals surface area (Å²) in [5.74, 6) is 0.462. The molecule has 2 atom stereocenters. The monoisotopic (exact) mass is 370 g/mol. The molecule has 3 aromatic rings. The summed E-state index contributed by atoms with van der Waals surface area (Å²) in [6.45, 7) is 2.30. The highest BCUT2D eigenvalue weighted by Gasteiger charge is 2.18. The van der Waals surface area contributed by atoms with Crippen molar-refractivity contribution in [3.05, 3.63) is 71.3 Å². The first-order chi connectivity index (χ1) is 12.6. The fourth-order valence-electron chi connectivity index (χ4n) is 2.64. The Hall–Kier alpha value is -2.22. The fourth-order valence-corrected chi connectivity index (χ4v) is 3.40. The van der Waals surface area contributed by atoms with Gasteiger partial charge in [-0.1, -0.05) is 66.4 Å². The zero-order valence-electron chi connectivity index (χ0n) is 14.8. The van der Waals surface area contributed by atoms with E-state index in [0.717, 1.165) is 16.7 Å². The van der Waals surface area contributed by atoms with Crippen molar-refractivity contribution < 1.29 is 9.84 Å². The molecule has 0 bridgehead atoms. The zero-order valence-corrected chi connectivity index (χ0v) is 15.6. The number of aryl methyl sites for hydroxylation is 2. The van der Waals surface area contributed by atoms with Crippen LogP contribution >= 0.6 is 11.8 Å². The number of thioether (sulfide) groups is 1. The average molecular weight is 370 g/mol. The maximum Gasteiger partial charge on any atom is 0.209 e. The van der Waals surface area contributed by atoms with Crippen LogP contribution in [0.3, 0.4) is 0 Å². The SMILES string of the molecule is Cc1ccccc1C(OCC(O)CSc1nnnn1C)c1ccccc1. The molecule has 2 aromatic carbocycles. The number of rotatable bonds is 8. The molecule has 1 aromatic heterocycles. The first-order valence-electron chi connectivity index (χ1n) is 8.40. The van der Waals surface area contributed by atoms with Crippen molar-refractivity contribution in [1.82, 2.24) is 20.2 Å². The first-order valence-corrected chi connectivity index (χ1v) is 9.39. The molecule has 3 rings (SSSR count). The smallest absolute Gasteiger partial charge is 0.209 e. The van der Waals surface area contributed by atoms with Crippen molar-refractivity contribution in [2.24, 2.45) is 7.05 Å². The second kappa shape index (κ2) is 8.93. The molecule has 26 heavy (non-hydrogen) atoms. The van der Waals surface area contributed by atoms with Gasteiger partial charge in [0.25, 0.3) is 0 Å². The van der Waals surface area contributed by atoms with E-state index in [1.807, 2.05) is 42.5 Å². The molecule has 136 valence electrons. The van der Waals surface area contributed by atoms with Crippen LogP contribution in [0.4, 0.5) is 0 Å². The molecule has 0 spiro atoms. The lowest BCUT2D eigenvalue weighted by Crippen LogP contribution is -2.21. The van der Waals surface area contributed by atoms with E-state index < -0.39 is 6.10 Å². The third-order valence-corrected chi connectivity index (χ3v) is 5.17. The lowest BCUT2D eigenvalue weighted by molar-refractivity contribution is 0.0153. The molecule has 7 heteroatoms. The van der Waals surface area contributed by atoms with Crippen LogP contribution in [0.25, 0.3) is 0 Å². The van der Waals surface area contributed by atoms with Crippen molar-refractivity contribution in [2.45, 2.75) is 24.3 Å². The predicted molar refractivity (Wildman–Crippen MR) is 101 cm³/mol. The van der Waals surface area contributed by atoms with Crippen LogP contribution in [0, 0.1) is 6.92 Å². The van der Waals surface area contributed by atoms with Crippen molar-refractivity contribution in [3.63, 3.8) is 0 Å². The molecule has 0 aliphatic rings. The number of aliphatic hydroxyl groups excluding tert-OH is 1. The number of ether oxygens (including phenoxy) is 1. The van der Waals surface area contributed by atoms with Gasteiger partial charge in [0.15, 0.2) is 0 Å². The van der Waals surface area contributed by atoms with Gasteiger partial charge in [-0.2, -0.15) is 0 Å². The van der Waals surface area contributed by atoms with Crippen LogP contribution in [0.1, 0.15) is 22.8 Å². The quantitative estimate of drug-likeness (QED) is 0.615. The Bertz CT molecular complexity index is 825. The number of aliphatic hydroxyl groups is 1. The van der Waals surface area contributed by atoms with Crippen LogP contribution in [-0.2, 0) is 11.8 Å². The van der Waals surface area contributed by atoms with E-state index in [-0.39, 0.29) is 12.7 Å². The summed E-state index contributed by atoms with van der Waals surface area (Å²) in [5.41, 5.74) is 3.34. The molecule has 2 unspecified atom stereocenters. The van der Waals surface area contributed by atoms with Crippen molar-refractivity contribution in [3.8, 4) is 0 Å². The molecule has 0 fully saturated rings. The molecular weight excluding hydrogens is 348 g/mol. The van der Waals surface area contributed by atoms with Gasteiger partial charge in [-0.05, 0) is 34.0 Å². The van der Waals surface area contributed by atoms with Gasteiger partial charge in [-0.25, -0.2) is 4.68 Å². The third-order valence-electron chi connectivity index (χ3n) is 4.01. The highest BCUT2D eigenvalue weighted by molar-refractivity contribution is 7.99. The zero-order chi connectivity index (χ0) is 18.4. The Kier molecular flexibility index (Phi) is 6.38. The van der Waals surface area contributed by atoms with E-state index in [1.54, 1.807) is 11.7 Å². The van der Waals surface area contributed by atoms with Gasteiger partial charge in [0.1, 0.15) is 6.10 Å². The van der Waals surface area contributed by atoms with Crippen molar-refractivity contribution in [1.29, 1.82) is 0 Å². The van der Waals surface area contributed by atoms with Crippen LogP contribution < -0.4 is 0 Å². The maximum absolute atomic E-state index is 10.3. The fraction of sp³-hybridized carbons (Fsp3) is 0.316. The Morgan fingerprint density at radius 3 is 2.54 bits per heavy atom. The summed E-state index contributed by atoms with van der Waals surface area (Å²) in [5, 5.41) is 22.3. The largest absolute Gasteiger partial charge is 0.390 e. The molecule has 0 radical (unpaired) electrons. The summed E-state index contributed by atoms with van der Waals surface area (Å²) in [6.07, 6.45) is -0.833. The highest BCUT2D eigenvalue weighted by Crippen LogP contribution is 2.28. The van der Waals surface area contributed by atoms with Crippen molar-refractivity contribution in [2.75, 3.05) is 12.4 Å². The summed E-state index contributed by atoms with van der Waals surface area (Å²) in [4.78, 5) is 0. The van der Waals surface area contributed by atoms with E-state index in [9.17, 15) is 5.11 Å². The molecular formula is C19H22N4O2S. The van der Waals surface area contributed by atoms with Crippen molar-refractivity contribution >= 4 is 11.8 Å². The summed E-state index contributed by atoms with van der Waals surface area (Å²) in [6, 6.07) is 18.2. The lowest BCUT2D eigenvalue weighted by atomic mass is 9.97. The number of benzene rings is 2. The summed E-state index contributed by atoms with van der Waals surface area (Å²) < 4.78 is 7.72. The molecule has 0 aliphatic heterocycles. The van der Waals surface area contributed by atoms with Crippen LogP contribution in [0.5, 0.6) is 0 Å². The Morgan fingerprint density at radius 1 is 1.12 bits per heavy atom. The minimum atomic E-state index is -0.619. The molecule has 0 aliphatic carbocycles. The van der Waals surface area contributed by atoms with Gasteiger partial charge in [0, 0.05) is 12.8 Å². The van der Waals surface area contributed by atoms with Gasteiger partial charge in [0.2, 0.25) is 5.16 Å². The second-order valence-corrected chi connectivity index (χ2v) is 7.02. The standard InChI is InChI=1S/C19H22N4O2S/c1-14-8-6-7-11-17(14)18(15-9-4-3-5-10-15)25-12-16(24)13-26-19-20-21-22-23(19)2/h3-11,16,18,24H,12-13H2,1-2H3. The minimum absolute atomic E-state index is 0.214. The molecule has 1 N–H and O–H groups in total. The van der Waals surface area contributed by atoms with Gasteiger partial charge in [-0.3, -0.25) is 0 Å². The molecule has 0 saturated heterocycles. The van der Waals surface area contributed by atoms with E-state index in [4.69, 9.17) is 4.74 Å². The van der Waals surface area contributed by atoms with Gasteiger partial charge >= 0.3 is 0 Å². The Morgan fingerprint density at radius 2 is 1.85 bits per heavy atom. The van der Waals surface area contributed by atoms with Gasteiger partial charge in [0.05, 0.1) is 12.7 Å². The number of hydrogen-bond donors (Lipinski definition) is 1. The van der Waals surface area contributed by atoms with E-state index in [0.29, 0.717) is 10.9 Å². The van der Waals surface area contributed by atoms with E-state index >= 15 is 0 Å². The van der Waals surface area contributed by atoms with Crippen LogP contribution in [-0.4, -0.2) is 43.8 Å². The molecule has 6 nitrogen and oxygen atoms in total. The van der Waals surface area contributed by atoms with Gasteiger partial charge < -0.3 is 9.84 Å². The van der Waals surface area contributed by atoms with E-state index in [2.05, 4.69) is 34.6 Å². The molecule has 1 heterocycles. The molecule has 0 amide bonds. The van der Waals surface area contributed by atoms with E-state index in [1.165, 1.54) is 11.8 Å². The summed E-state index contributed by atoms with van der Waals surface area (Å²) in [7, 11) is 1.77. The second-order valence-electron chi connectivity index (χ2n) is 6.03. The summed E-state index contributed by atoms with van der Waals surface area (Å²) >= 11 is 1.41. The van der Waals surface area contributed by atoms with Crippen LogP contribution in [0.2, 0.25) is 0 Å². The number of hydrogen-bond acceptors (Lipinski definition) is 6. The molecule has 0 saturated carbocycles. The average Bonchev–Trinajstić information content (AvgIpc) is 3.07. The topological polar surface area (TPSA) is 73.1 Å². The van der Waals surface area contributed by atoms with Crippen LogP contribution in [0.15, 0.2) is 59.8 Å². The Labute approximate surface area is 157 Å². The van der Waals surface area contributed by atoms with Gasteiger partial charge in [-0.15, -0.1) is 5.10 Å². The number of nitrogens with zero attached hydrogens (tertiary/aromatic N) is 4. The normalized spacial score (nSPS) is 13.5. The highest BCUT2D eigenvalue weighted by atomic mass is 32.2. The number of aromatic nitrogens is 4.